The van der Waals surface area contributed by atoms with Gasteiger partial charge in [-0.2, -0.15) is 18.3 Å². The van der Waals surface area contributed by atoms with Gasteiger partial charge in [-0.1, -0.05) is 18.2 Å². The number of anilines is 4. The number of alkyl halides is 3. The first-order valence-corrected chi connectivity index (χ1v) is 11.9. The number of carbonyl (C=O) groups is 1. The number of aryl methyl sites for hydroxylation is 3. The van der Waals surface area contributed by atoms with E-state index in [0.717, 1.165) is 51.6 Å². The number of aliphatic carboxylic acids is 1. The van der Waals surface area contributed by atoms with Gasteiger partial charge in [0.2, 0.25) is 0 Å². The molecule has 0 unspecified atom stereocenters. The molecule has 0 bridgehead atoms. The van der Waals surface area contributed by atoms with E-state index in [1.165, 1.54) is 0 Å². The topological polar surface area (TPSA) is 123 Å². The van der Waals surface area contributed by atoms with Crippen LogP contribution in [0.2, 0.25) is 0 Å². The zero-order valence-corrected chi connectivity index (χ0v) is 21.7. The first kappa shape index (κ1) is 27.8. The molecule has 206 valence electrons. The molecule has 5 aromatic rings. The summed E-state index contributed by atoms with van der Waals surface area (Å²) in [4.78, 5) is 17.7. The van der Waals surface area contributed by atoms with Crippen LogP contribution in [-0.2, 0) is 4.79 Å². The monoisotopic (exact) mass is 550 g/mol. The summed E-state index contributed by atoms with van der Waals surface area (Å²) in [6.07, 6.45) is -1.31. The fraction of sp³-hybridized carbons (Fsp3) is 0.148. The second kappa shape index (κ2) is 11.7. The number of aromatic nitrogens is 6. The molecule has 0 spiro atoms. The lowest BCUT2D eigenvalue weighted by Gasteiger charge is -2.09. The van der Waals surface area contributed by atoms with Crippen LogP contribution in [0.4, 0.5) is 36.2 Å². The second-order valence-corrected chi connectivity index (χ2v) is 8.59. The lowest BCUT2D eigenvalue weighted by Crippen LogP contribution is -2.21. The molecule has 13 heteroatoms. The highest BCUT2D eigenvalue weighted by Crippen LogP contribution is 2.23. The Kier molecular flexibility index (Phi) is 8.12. The normalized spacial score (nSPS) is 10.9. The Morgan fingerprint density at radius 2 is 1.52 bits per heavy atom. The highest BCUT2D eigenvalue weighted by Gasteiger charge is 2.38. The average Bonchev–Trinajstić information content (AvgIpc) is 3.45. The van der Waals surface area contributed by atoms with Crippen LogP contribution in [0, 0.1) is 20.8 Å². The van der Waals surface area contributed by atoms with Gasteiger partial charge in [-0.05, 0) is 63.2 Å². The van der Waals surface area contributed by atoms with Crippen LogP contribution in [0.5, 0.6) is 0 Å². The largest absolute Gasteiger partial charge is 0.490 e. The number of hydrogen-bond donors (Lipinski definition) is 3. The summed E-state index contributed by atoms with van der Waals surface area (Å²) in [5.41, 5.74) is 4.87. The van der Waals surface area contributed by atoms with Gasteiger partial charge in [0.25, 0.3) is 0 Å². The number of pyridine rings is 1. The van der Waals surface area contributed by atoms with Gasteiger partial charge in [0.05, 0.1) is 11.4 Å². The molecule has 40 heavy (non-hydrogen) atoms. The first-order chi connectivity index (χ1) is 19.0. The van der Waals surface area contributed by atoms with Gasteiger partial charge in [-0.3, -0.25) is 0 Å². The molecule has 0 aliphatic rings. The van der Waals surface area contributed by atoms with E-state index in [4.69, 9.17) is 15.0 Å². The zero-order valence-electron chi connectivity index (χ0n) is 21.7. The number of carboxylic acids is 1. The third-order valence-corrected chi connectivity index (χ3v) is 5.44. The van der Waals surface area contributed by atoms with Gasteiger partial charge in [0.15, 0.2) is 5.82 Å². The van der Waals surface area contributed by atoms with Crippen molar-refractivity contribution >= 4 is 29.0 Å². The van der Waals surface area contributed by atoms with Crippen molar-refractivity contribution in [1.82, 2.24) is 29.5 Å². The minimum Gasteiger partial charge on any atom is -0.475 e. The van der Waals surface area contributed by atoms with Gasteiger partial charge >= 0.3 is 12.1 Å². The van der Waals surface area contributed by atoms with Crippen molar-refractivity contribution in [3.63, 3.8) is 0 Å². The number of rotatable bonds is 6. The van der Waals surface area contributed by atoms with Crippen molar-refractivity contribution in [2.24, 2.45) is 0 Å². The van der Waals surface area contributed by atoms with E-state index in [1.54, 1.807) is 6.20 Å². The highest BCUT2D eigenvalue weighted by atomic mass is 19.4. The molecule has 0 saturated heterocycles. The zero-order chi connectivity index (χ0) is 28.9. The molecule has 0 fully saturated rings. The van der Waals surface area contributed by atoms with Crippen LogP contribution in [0.25, 0.3) is 11.4 Å². The Labute approximate surface area is 227 Å². The van der Waals surface area contributed by atoms with Gasteiger partial charge < -0.3 is 15.7 Å². The van der Waals surface area contributed by atoms with Gasteiger partial charge in [-0.25, -0.2) is 24.1 Å². The third-order valence-electron chi connectivity index (χ3n) is 5.44. The van der Waals surface area contributed by atoms with Crippen LogP contribution in [-0.4, -0.2) is 46.8 Å². The predicted octanol–water partition coefficient (Wildman–Crippen LogP) is 5.89. The van der Waals surface area contributed by atoms with Gasteiger partial charge in [0.1, 0.15) is 17.5 Å². The minimum atomic E-state index is -5.08. The summed E-state index contributed by atoms with van der Waals surface area (Å²) < 4.78 is 35.4. The number of hydrogen-bond acceptors (Lipinski definition) is 7. The number of nitrogens with one attached hydrogen (secondary N) is 2. The number of nitrogens with zero attached hydrogens (tertiary/aromatic N) is 6. The number of benzene rings is 2. The average molecular weight is 551 g/mol. The van der Waals surface area contributed by atoms with Crippen molar-refractivity contribution in [2.75, 3.05) is 10.6 Å². The number of halogens is 3. The maximum Gasteiger partial charge on any atom is 0.490 e. The molecule has 0 aliphatic heterocycles. The molecule has 10 nitrogen and oxygen atoms in total. The molecule has 3 N–H and O–H groups in total. The lowest BCUT2D eigenvalue weighted by atomic mass is 10.2. The number of carboxylic acid groups (broad SMARTS) is 1. The molecular formula is C27H25F3N8O2. The summed E-state index contributed by atoms with van der Waals surface area (Å²) in [6.45, 7) is 5.87. The van der Waals surface area contributed by atoms with Crippen molar-refractivity contribution < 1.29 is 23.1 Å². The Morgan fingerprint density at radius 3 is 2.12 bits per heavy atom. The predicted molar refractivity (Wildman–Crippen MR) is 144 cm³/mol. The summed E-state index contributed by atoms with van der Waals surface area (Å²) in [6, 6.07) is 21.9. The summed E-state index contributed by atoms with van der Waals surface area (Å²) in [5.74, 6) is 0.415. The molecule has 0 atom stereocenters. The molecule has 3 heterocycles. The van der Waals surface area contributed by atoms with Crippen LogP contribution in [0.15, 0.2) is 79.1 Å². The maximum absolute atomic E-state index is 10.6. The SMILES string of the molecule is Cc1nc(C)n(-c2ccc(Nc3cc(-n4cc(C)c(Nc5ccccc5)n4)ccn3)cc2)n1.O=C(O)C(F)(F)F. The van der Waals surface area contributed by atoms with E-state index < -0.39 is 12.1 Å². The third kappa shape index (κ3) is 7.01. The molecule has 0 radical (unpaired) electrons. The van der Waals surface area contributed by atoms with Crippen LogP contribution >= 0.6 is 0 Å². The Bertz CT molecular complexity index is 1600. The number of para-hydroxylation sites is 1. The summed E-state index contributed by atoms with van der Waals surface area (Å²) >= 11 is 0. The Morgan fingerprint density at radius 1 is 0.875 bits per heavy atom. The van der Waals surface area contributed by atoms with Crippen molar-refractivity contribution in [3.8, 4) is 11.4 Å². The Balaban J connectivity index is 0.000000470. The quantitative estimate of drug-likeness (QED) is 0.239. The van der Waals surface area contributed by atoms with Crippen LogP contribution in [0.3, 0.4) is 0 Å². The van der Waals surface area contributed by atoms with E-state index in [0.29, 0.717) is 0 Å². The van der Waals surface area contributed by atoms with E-state index in [2.05, 4.69) is 25.7 Å². The fourth-order valence-corrected chi connectivity index (χ4v) is 3.60. The summed E-state index contributed by atoms with van der Waals surface area (Å²) in [7, 11) is 0. The minimum absolute atomic E-state index is 0.735. The lowest BCUT2D eigenvalue weighted by molar-refractivity contribution is -0.192. The highest BCUT2D eigenvalue weighted by molar-refractivity contribution is 5.73. The Hall–Kier alpha value is -5.20. The van der Waals surface area contributed by atoms with Crippen molar-refractivity contribution in [3.05, 3.63) is 96.3 Å². The van der Waals surface area contributed by atoms with E-state index in [1.807, 2.05) is 103 Å². The van der Waals surface area contributed by atoms with Crippen molar-refractivity contribution in [2.45, 2.75) is 26.9 Å². The van der Waals surface area contributed by atoms with E-state index in [-0.39, 0.29) is 0 Å². The summed E-state index contributed by atoms with van der Waals surface area (Å²) in [5, 5.41) is 23.0. The smallest absolute Gasteiger partial charge is 0.475 e. The first-order valence-electron chi connectivity index (χ1n) is 11.9. The van der Waals surface area contributed by atoms with Gasteiger partial charge in [-0.15, -0.1) is 5.10 Å². The van der Waals surface area contributed by atoms with Crippen LogP contribution in [0.1, 0.15) is 17.2 Å². The maximum atomic E-state index is 10.6. The van der Waals surface area contributed by atoms with Crippen LogP contribution < -0.4 is 10.6 Å². The van der Waals surface area contributed by atoms with E-state index in [9.17, 15) is 13.2 Å². The van der Waals surface area contributed by atoms with Gasteiger partial charge in [0, 0.05) is 35.4 Å². The van der Waals surface area contributed by atoms with Crippen molar-refractivity contribution in [1.29, 1.82) is 0 Å². The standard InChI is InChI=1S/C25H24N8.C2HF3O2/c1-17-16-32(31-25(17)29-20-7-5-4-6-8-20)23-13-14-26-24(15-23)28-21-9-11-22(12-10-21)33-19(3)27-18(2)30-33;3-2(4,5)1(6)7/h4-16H,1-3H3,(H,26,28)(H,29,31);(H,6,7). The molecular weight excluding hydrogens is 525 g/mol. The molecule has 2 aromatic carbocycles. The molecule has 5 rings (SSSR count). The second-order valence-electron chi connectivity index (χ2n) is 8.59. The molecule has 0 amide bonds. The fourth-order valence-electron chi connectivity index (χ4n) is 3.60. The molecule has 0 saturated carbocycles. The van der Waals surface area contributed by atoms with E-state index >= 15 is 0 Å². The molecule has 0 aliphatic carbocycles. The molecule has 3 aromatic heterocycles.